The van der Waals surface area contributed by atoms with Crippen LogP contribution in [0.2, 0.25) is 0 Å². The highest BCUT2D eigenvalue weighted by atomic mass is 19.1. The third-order valence-corrected chi connectivity index (χ3v) is 3.13. The molecule has 2 rings (SSSR count). The highest BCUT2D eigenvalue weighted by molar-refractivity contribution is 5.20. The summed E-state index contributed by atoms with van der Waals surface area (Å²) in [6.07, 6.45) is 0.704. The second-order valence-corrected chi connectivity index (χ2v) is 4.36. The Hall–Kier alpha value is -1.37. The largest absolute Gasteiger partial charge is 0.371 e. The van der Waals surface area contributed by atoms with E-state index in [1.54, 1.807) is 12.1 Å². The molecule has 1 fully saturated rings. The second-order valence-electron chi connectivity index (χ2n) is 4.36. The third-order valence-electron chi connectivity index (χ3n) is 3.13. The Morgan fingerprint density at radius 3 is 3.06 bits per heavy atom. The highest BCUT2D eigenvalue weighted by Gasteiger charge is 2.23. The molecule has 0 spiro atoms. The predicted molar refractivity (Wildman–Crippen MR) is 69.6 cm³/mol. The van der Waals surface area contributed by atoms with E-state index in [1.165, 1.54) is 6.07 Å². The van der Waals surface area contributed by atoms with Crippen LogP contribution in [0.15, 0.2) is 24.3 Å². The van der Waals surface area contributed by atoms with Gasteiger partial charge in [0, 0.05) is 31.6 Å². The number of nitrogens with zero attached hydrogens (tertiary/aromatic N) is 1. The molecule has 1 aliphatic heterocycles. The van der Waals surface area contributed by atoms with Gasteiger partial charge in [0.25, 0.3) is 0 Å². The summed E-state index contributed by atoms with van der Waals surface area (Å²) < 4.78 is 19.4. The molecule has 0 radical (unpaired) electrons. The van der Waals surface area contributed by atoms with Gasteiger partial charge >= 0.3 is 0 Å². The molecule has 1 aromatic carbocycles. The number of morpholine rings is 1. The molecule has 0 unspecified atom stereocenters. The SMILES string of the molecule is CC#CCCN1CCO[C@@H](c2ccccc2F)C1. The van der Waals surface area contributed by atoms with Crippen molar-refractivity contribution >= 4 is 0 Å². The van der Waals surface area contributed by atoms with Crippen molar-refractivity contribution in [2.45, 2.75) is 19.4 Å². The maximum absolute atomic E-state index is 13.7. The lowest BCUT2D eigenvalue weighted by atomic mass is 10.1. The lowest BCUT2D eigenvalue weighted by Gasteiger charge is -2.32. The molecule has 1 aromatic rings. The van der Waals surface area contributed by atoms with Gasteiger partial charge in [0.1, 0.15) is 5.82 Å². The average molecular weight is 247 g/mol. The molecule has 1 aliphatic rings. The van der Waals surface area contributed by atoms with Crippen molar-refractivity contribution < 1.29 is 9.13 Å². The van der Waals surface area contributed by atoms with E-state index in [4.69, 9.17) is 4.74 Å². The van der Waals surface area contributed by atoms with Gasteiger partial charge in [-0.15, -0.1) is 11.8 Å². The van der Waals surface area contributed by atoms with Gasteiger partial charge < -0.3 is 4.74 Å². The lowest BCUT2D eigenvalue weighted by molar-refractivity contribution is -0.0307. The molecule has 1 saturated heterocycles. The van der Waals surface area contributed by atoms with Crippen LogP contribution in [0.1, 0.15) is 25.0 Å². The van der Waals surface area contributed by atoms with Crippen molar-refractivity contribution in [2.75, 3.05) is 26.2 Å². The smallest absolute Gasteiger partial charge is 0.129 e. The fraction of sp³-hybridized carbons (Fsp3) is 0.467. The van der Waals surface area contributed by atoms with Gasteiger partial charge in [0.2, 0.25) is 0 Å². The monoisotopic (exact) mass is 247 g/mol. The molecule has 2 nitrogen and oxygen atoms in total. The number of halogens is 1. The van der Waals surface area contributed by atoms with E-state index < -0.39 is 0 Å². The van der Waals surface area contributed by atoms with E-state index in [-0.39, 0.29) is 11.9 Å². The molecule has 18 heavy (non-hydrogen) atoms. The number of benzene rings is 1. The van der Waals surface area contributed by atoms with Gasteiger partial charge in [-0.2, -0.15) is 0 Å². The van der Waals surface area contributed by atoms with E-state index >= 15 is 0 Å². The third kappa shape index (κ3) is 3.32. The molecule has 1 atom stereocenters. The first-order valence-corrected chi connectivity index (χ1v) is 6.29. The zero-order valence-electron chi connectivity index (χ0n) is 10.7. The van der Waals surface area contributed by atoms with Crippen molar-refractivity contribution in [3.8, 4) is 11.8 Å². The first kappa shape index (κ1) is 13.1. The van der Waals surface area contributed by atoms with Crippen LogP contribution in [0.25, 0.3) is 0 Å². The fourth-order valence-corrected chi connectivity index (χ4v) is 2.17. The van der Waals surface area contributed by atoms with Crippen LogP contribution in [-0.2, 0) is 4.74 Å². The zero-order valence-corrected chi connectivity index (χ0v) is 10.7. The molecule has 0 saturated carbocycles. The first-order valence-electron chi connectivity index (χ1n) is 6.29. The second kappa shape index (κ2) is 6.53. The summed E-state index contributed by atoms with van der Waals surface area (Å²) >= 11 is 0. The van der Waals surface area contributed by atoms with Gasteiger partial charge in [-0.3, -0.25) is 4.90 Å². The Morgan fingerprint density at radius 2 is 2.28 bits per heavy atom. The van der Waals surface area contributed by atoms with E-state index in [0.717, 1.165) is 26.1 Å². The van der Waals surface area contributed by atoms with E-state index in [2.05, 4.69) is 16.7 Å². The van der Waals surface area contributed by atoms with Crippen molar-refractivity contribution in [3.05, 3.63) is 35.6 Å². The van der Waals surface area contributed by atoms with Crippen LogP contribution in [0, 0.1) is 17.7 Å². The number of rotatable bonds is 3. The van der Waals surface area contributed by atoms with E-state index in [9.17, 15) is 4.39 Å². The van der Waals surface area contributed by atoms with Gasteiger partial charge in [0.15, 0.2) is 0 Å². The van der Waals surface area contributed by atoms with Crippen molar-refractivity contribution in [1.82, 2.24) is 4.90 Å². The van der Waals surface area contributed by atoms with E-state index in [1.807, 2.05) is 13.0 Å². The minimum absolute atomic E-state index is 0.158. The Balaban J connectivity index is 1.97. The number of hydrogen-bond donors (Lipinski definition) is 0. The highest BCUT2D eigenvalue weighted by Crippen LogP contribution is 2.24. The van der Waals surface area contributed by atoms with Crippen LogP contribution in [0.5, 0.6) is 0 Å². The molecular formula is C15H18FNO. The molecule has 1 heterocycles. The molecule has 3 heteroatoms. The summed E-state index contributed by atoms with van der Waals surface area (Å²) in [5.74, 6) is 5.76. The maximum Gasteiger partial charge on any atom is 0.129 e. The van der Waals surface area contributed by atoms with Gasteiger partial charge in [-0.1, -0.05) is 18.2 Å². The fourth-order valence-electron chi connectivity index (χ4n) is 2.17. The van der Waals surface area contributed by atoms with Gasteiger partial charge in [0.05, 0.1) is 12.7 Å². The molecule has 0 amide bonds. The van der Waals surface area contributed by atoms with Crippen molar-refractivity contribution in [1.29, 1.82) is 0 Å². The number of hydrogen-bond acceptors (Lipinski definition) is 2. The quantitative estimate of drug-likeness (QED) is 0.761. The molecular weight excluding hydrogens is 229 g/mol. The predicted octanol–water partition coefficient (Wildman–Crippen LogP) is 2.61. The first-order chi connectivity index (χ1) is 8.81. The summed E-state index contributed by atoms with van der Waals surface area (Å²) in [6, 6.07) is 6.84. The Kier molecular flexibility index (Phi) is 4.74. The Bertz CT molecular complexity index is 449. The molecule has 96 valence electrons. The summed E-state index contributed by atoms with van der Waals surface area (Å²) in [4.78, 5) is 2.28. The van der Waals surface area contributed by atoms with Crippen molar-refractivity contribution in [2.24, 2.45) is 0 Å². The zero-order chi connectivity index (χ0) is 12.8. The topological polar surface area (TPSA) is 12.5 Å². The van der Waals surface area contributed by atoms with Crippen LogP contribution < -0.4 is 0 Å². The van der Waals surface area contributed by atoms with Crippen LogP contribution in [-0.4, -0.2) is 31.1 Å². The van der Waals surface area contributed by atoms with Crippen LogP contribution in [0.4, 0.5) is 4.39 Å². The summed E-state index contributed by atoms with van der Waals surface area (Å²) in [5.41, 5.74) is 0.656. The molecule has 0 N–H and O–H groups in total. The Labute approximate surface area is 108 Å². The van der Waals surface area contributed by atoms with Crippen LogP contribution >= 0.6 is 0 Å². The summed E-state index contributed by atoms with van der Waals surface area (Å²) in [5, 5.41) is 0. The average Bonchev–Trinajstić information content (AvgIpc) is 2.40. The minimum Gasteiger partial charge on any atom is -0.371 e. The summed E-state index contributed by atoms with van der Waals surface area (Å²) in [7, 11) is 0. The minimum atomic E-state index is -0.183. The normalized spacial score (nSPS) is 20.2. The maximum atomic E-state index is 13.7. The molecule has 0 aromatic heterocycles. The van der Waals surface area contributed by atoms with Gasteiger partial charge in [-0.25, -0.2) is 4.39 Å². The number of ether oxygens (including phenoxy) is 1. The van der Waals surface area contributed by atoms with Crippen molar-refractivity contribution in [3.63, 3.8) is 0 Å². The van der Waals surface area contributed by atoms with E-state index in [0.29, 0.717) is 12.2 Å². The standard InChI is InChI=1S/C15H18FNO/c1-2-3-6-9-17-10-11-18-15(12-17)13-7-4-5-8-14(13)16/h4-5,7-8,15H,6,9-12H2,1H3/t15-/m1/s1. The van der Waals surface area contributed by atoms with Crippen LogP contribution in [0.3, 0.4) is 0 Å². The summed E-state index contributed by atoms with van der Waals surface area (Å²) in [6.45, 7) is 5.07. The lowest BCUT2D eigenvalue weighted by Crippen LogP contribution is -2.39. The molecule has 0 aliphatic carbocycles. The Morgan fingerprint density at radius 1 is 1.44 bits per heavy atom. The molecule has 0 bridgehead atoms. The van der Waals surface area contributed by atoms with Gasteiger partial charge in [-0.05, 0) is 13.0 Å².